The molecule has 0 amide bonds. The summed E-state index contributed by atoms with van der Waals surface area (Å²) in [6.45, 7) is 1.64. The smallest absolute Gasteiger partial charge is 0.174 e. The van der Waals surface area contributed by atoms with Crippen molar-refractivity contribution in [3.63, 3.8) is 0 Å². The molecule has 0 saturated carbocycles. The third-order valence-electron chi connectivity index (χ3n) is 2.71. The van der Waals surface area contributed by atoms with Gasteiger partial charge in [-0.05, 0) is 31.2 Å². The number of ketones is 2. The van der Waals surface area contributed by atoms with Crippen LogP contribution in [0.1, 0.15) is 32.9 Å². The minimum atomic E-state index is -0.634. The van der Waals surface area contributed by atoms with Gasteiger partial charge in [0.25, 0.3) is 0 Å². The van der Waals surface area contributed by atoms with Crippen molar-refractivity contribution < 1.29 is 18.4 Å². The van der Waals surface area contributed by atoms with Gasteiger partial charge in [0.2, 0.25) is 0 Å². The Hall–Kier alpha value is -1.75. The minimum Gasteiger partial charge on any atom is -0.469 e. The maximum Gasteiger partial charge on any atom is 0.174 e. The van der Waals surface area contributed by atoms with Crippen LogP contribution >= 0.6 is 15.9 Å². The van der Waals surface area contributed by atoms with Crippen molar-refractivity contribution in [3.8, 4) is 0 Å². The number of benzene rings is 1. The first-order valence-corrected chi connectivity index (χ1v) is 6.34. The fourth-order valence-electron chi connectivity index (χ4n) is 1.72. The fraction of sp³-hybridized carbons (Fsp3) is 0.143. The number of hydrogen-bond donors (Lipinski definition) is 0. The van der Waals surface area contributed by atoms with Gasteiger partial charge in [0.05, 0.1) is 23.8 Å². The zero-order valence-corrected chi connectivity index (χ0v) is 11.7. The molecule has 0 saturated heterocycles. The molecule has 3 nitrogen and oxygen atoms in total. The molecule has 19 heavy (non-hydrogen) atoms. The van der Waals surface area contributed by atoms with E-state index < -0.39 is 11.6 Å². The quantitative estimate of drug-likeness (QED) is 0.632. The van der Waals surface area contributed by atoms with Crippen molar-refractivity contribution >= 4 is 27.5 Å². The lowest BCUT2D eigenvalue weighted by atomic mass is 10.0. The lowest BCUT2D eigenvalue weighted by Gasteiger charge is -2.03. The molecule has 0 aliphatic rings. The minimum absolute atomic E-state index is 0.0936. The predicted octanol–water partition coefficient (Wildman–Crippen LogP) is 3.95. The van der Waals surface area contributed by atoms with E-state index in [0.717, 1.165) is 0 Å². The fourth-order valence-corrected chi connectivity index (χ4v) is 2.08. The molecule has 5 heteroatoms. The average molecular weight is 325 g/mol. The van der Waals surface area contributed by atoms with E-state index in [2.05, 4.69) is 15.9 Å². The van der Waals surface area contributed by atoms with Gasteiger partial charge in [-0.3, -0.25) is 9.59 Å². The van der Waals surface area contributed by atoms with Crippen molar-refractivity contribution in [2.24, 2.45) is 0 Å². The standard InChI is InChI=1S/C14H10BrFO3/c1-8-10(4-5-19-8)13(17)7-14(18)11-6-9(15)2-3-12(11)16/h2-6H,7H2,1H3. The molecule has 0 unspecified atom stereocenters. The molecule has 0 fully saturated rings. The van der Waals surface area contributed by atoms with Gasteiger partial charge in [0.15, 0.2) is 11.6 Å². The molecule has 2 aromatic rings. The van der Waals surface area contributed by atoms with Crippen molar-refractivity contribution in [1.82, 2.24) is 0 Å². The normalized spacial score (nSPS) is 10.5. The number of carbonyl (C=O) groups is 2. The Labute approximate surface area is 117 Å². The zero-order valence-electron chi connectivity index (χ0n) is 10.1. The number of hydrogen-bond acceptors (Lipinski definition) is 3. The van der Waals surface area contributed by atoms with E-state index in [9.17, 15) is 14.0 Å². The summed E-state index contributed by atoms with van der Waals surface area (Å²) in [7, 11) is 0. The highest BCUT2D eigenvalue weighted by Gasteiger charge is 2.19. The van der Waals surface area contributed by atoms with Gasteiger partial charge in [-0.15, -0.1) is 0 Å². The first-order chi connectivity index (χ1) is 8.99. The molecule has 0 spiro atoms. The third kappa shape index (κ3) is 2.98. The summed E-state index contributed by atoms with van der Waals surface area (Å²) in [6, 6.07) is 5.55. The number of Topliss-reactive ketones (excluding diaryl/α,β-unsaturated/α-hetero) is 2. The van der Waals surface area contributed by atoms with Crippen LogP contribution in [0.15, 0.2) is 39.4 Å². The molecular weight excluding hydrogens is 315 g/mol. The summed E-state index contributed by atoms with van der Waals surface area (Å²) in [4.78, 5) is 23.8. The van der Waals surface area contributed by atoms with Crippen LogP contribution in [0.25, 0.3) is 0 Å². The van der Waals surface area contributed by atoms with Gasteiger partial charge in [-0.25, -0.2) is 4.39 Å². The largest absolute Gasteiger partial charge is 0.469 e. The molecule has 0 atom stereocenters. The second-order valence-corrected chi connectivity index (χ2v) is 4.95. The molecule has 2 rings (SSSR count). The van der Waals surface area contributed by atoms with Crippen LogP contribution < -0.4 is 0 Å². The SMILES string of the molecule is Cc1occc1C(=O)CC(=O)c1cc(Br)ccc1F. The average Bonchev–Trinajstić information content (AvgIpc) is 2.78. The molecule has 1 aromatic heterocycles. The van der Waals surface area contributed by atoms with Gasteiger partial charge < -0.3 is 4.42 Å². The number of aryl methyl sites for hydroxylation is 1. The van der Waals surface area contributed by atoms with Crippen LogP contribution in [0.2, 0.25) is 0 Å². The number of carbonyl (C=O) groups excluding carboxylic acids is 2. The molecule has 0 aliphatic heterocycles. The summed E-state index contributed by atoms with van der Waals surface area (Å²) < 4.78 is 19.1. The molecule has 0 radical (unpaired) electrons. The molecule has 0 aliphatic carbocycles. The van der Waals surface area contributed by atoms with Crippen LogP contribution in [0.4, 0.5) is 4.39 Å². The van der Waals surface area contributed by atoms with Gasteiger partial charge in [-0.1, -0.05) is 15.9 Å². The van der Waals surface area contributed by atoms with E-state index in [1.54, 1.807) is 6.92 Å². The van der Waals surface area contributed by atoms with Crippen LogP contribution in [0.3, 0.4) is 0 Å². The summed E-state index contributed by atoms with van der Waals surface area (Å²) in [5, 5.41) is 0. The van der Waals surface area contributed by atoms with Crippen molar-refractivity contribution in [1.29, 1.82) is 0 Å². The predicted molar refractivity (Wildman–Crippen MR) is 70.8 cm³/mol. The number of furan rings is 1. The summed E-state index contributed by atoms with van der Waals surface area (Å²) in [5.41, 5.74) is 0.257. The van der Waals surface area contributed by atoms with Crippen molar-refractivity contribution in [3.05, 3.63) is 57.7 Å². The van der Waals surface area contributed by atoms with E-state index in [4.69, 9.17) is 4.42 Å². The summed E-state index contributed by atoms with van der Waals surface area (Å²) in [6.07, 6.45) is 1.00. The van der Waals surface area contributed by atoms with E-state index in [0.29, 0.717) is 15.8 Å². The van der Waals surface area contributed by atoms with Gasteiger partial charge in [0.1, 0.15) is 11.6 Å². The lowest BCUT2D eigenvalue weighted by Crippen LogP contribution is -2.10. The van der Waals surface area contributed by atoms with E-state index in [-0.39, 0.29) is 17.8 Å². The van der Waals surface area contributed by atoms with Gasteiger partial charge >= 0.3 is 0 Å². The first-order valence-electron chi connectivity index (χ1n) is 5.54. The van der Waals surface area contributed by atoms with Crippen molar-refractivity contribution in [2.75, 3.05) is 0 Å². The number of halogens is 2. The molecule has 1 heterocycles. The maximum absolute atomic E-state index is 13.5. The van der Waals surface area contributed by atoms with E-state index >= 15 is 0 Å². The highest BCUT2D eigenvalue weighted by molar-refractivity contribution is 9.10. The molecule has 0 bridgehead atoms. The Kier molecular flexibility index (Phi) is 3.95. The second-order valence-electron chi connectivity index (χ2n) is 4.04. The Bertz CT molecular complexity index is 646. The lowest BCUT2D eigenvalue weighted by molar-refractivity contribution is 0.0891. The molecule has 1 aromatic carbocycles. The van der Waals surface area contributed by atoms with Crippen molar-refractivity contribution in [2.45, 2.75) is 13.3 Å². The van der Waals surface area contributed by atoms with E-state index in [1.807, 2.05) is 0 Å². The zero-order chi connectivity index (χ0) is 14.0. The van der Waals surface area contributed by atoms with Crippen LogP contribution in [-0.4, -0.2) is 11.6 Å². The van der Waals surface area contributed by atoms with Crippen LogP contribution in [0.5, 0.6) is 0 Å². The van der Waals surface area contributed by atoms with Crippen LogP contribution in [0, 0.1) is 12.7 Å². The Morgan fingerprint density at radius 2 is 1.89 bits per heavy atom. The summed E-state index contributed by atoms with van der Waals surface area (Å²) >= 11 is 3.16. The monoisotopic (exact) mass is 324 g/mol. The van der Waals surface area contributed by atoms with Gasteiger partial charge in [0, 0.05) is 4.47 Å². The summed E-state index contributed by atoms with van der Waals surface area (Å²) in [5.74, 6) is -1.11. The molecule has 0 N–H and O–H groups in total. The highest BCUT2D eigenvalue weighted by atomic mass is 79.9. The maximum atomic E-state index is 13.5. The highest BCUT2D eigenvalue weighted by Crippen LogP contribution is 2.19. The Morgan fingerprint density at radius 3 is 2.53 bits per heavy atom. The molecular formula is C14H10BrFO3. The number of rotatable bonds is 4. The Balaban J connectivity index is 2.20. The third-order valence-corrected chi connectivity index (χ3v) is 3.20. The Morgan fingerprint density at radius 1 is 1.21 bits per heavy atom. The second kappa shape index (κ2) is 5.48. The topological polar surface area (TPSA) is 47.3 Å². The first kappa shape index (κ1) is 13.7. The van der Waals surface area contributed by atoms with Gasteiger partial charge in [-0.2, -0.15) is 0 Å². The van der Waals surface area contributed by atoms with E-state index in [1.165, 1.54) is 30.5 Å². The van der Waals surface area contributed by atoms with Crippen LogP contribution in [-0.2, 0) is 0 Å². The molecule has 98 valence electrons.